The summed E-state index contributed by atoms with van der Waals surface area (Å²) in [6.07, 6.45) is 10.0. The molecule has 1 heteroatoms. The van der Waals surface area contributed by atoms with Crippen LogP contribution in [0.5, 0.6) is 0 Å². The van der Waals surface area contributed by atoms with Crippen LogP contribution in [0.3, 0.4) is 0 Å². The molecule has 0 amide bonds. The number of hydrogen-bond donors (Lipinski definition) is 1. The first-order chi connectivity index (χ1) is 5.33. The summed E-state index contributed by atoms with van der Waals surface area (Å²) < 4.78 is 0. The monoisotopic (exact) mass is 154 g/mol. The van der Waals surface area contributed by atoms with Gasteiger partial charge in [0.05, 0.1) is 6.10 Å². The molecule has 2 atom stereocenters. The predicted octanol–water partition coefficient (Wildman–Crippen LogP) is 2.50. The normalized spacial score (nSPS) is 30.7. The molecule has 1 rings (SSSR count). The number of rotatable bonds is 3. The van der Waals surface area contributed by atoms with Gasteiger partial charge in [0.25, 0.3) is 0 Å². The van der Waals surface area contributed by atoms with E-state index in [2.05, 4.69) is 13.0 Å². The molecule has 0 aliphatic heterocycles. The minimum absolute atomic E-state index is 0.159. The summed E-state index contributed by atoms with van der Waals surface area (Å²) in [5.74, 6) is 0.748. The minimum atomic E-state index is -0.159. The molecule has 0 radical (unpaired) electrons. The Hall–Kier alpha value is -0.300. The molecule has 1 aliphatic carbocycles. The maximum absolute atomic E-state index is 9.17. The van der Waals surface area contributed by atoms with Gasteiger partial charge in [0.1, 0.15) is 0 Å². The van der Waals surface area contributed by atoms with E-state index >= 15 is 0 Å². The zero-order valence-electron chi connectivity index (χ0n) is 7.29. The van der Waals surface area contributed by atoms with Crippen LogP contribution in [0.25, 0.3) is 0 Å². The Balaban J connectivity index is 2.21. The van der Waals surface area contributed by atoms with Crippen molar-refractivity contribution in [3.8, 4) is 0 Å². The number of aliphatic hydroxyl groups excluding tert-OH is 1. The van der Waals surface area contributed by atoms with Crippen LogP contribution in [0.15, 0.2) is 12.2 Å². The Bertz CT molecular complexity index is 129. The Morgan fingerprint density at radius 2 is 2.18 bits per heavy atom. The van der Waals surface area contributed by atoms with Crippen molar-refractivity contribution >= 4 is 0 Å². The number of aliphatic hydroxyl groups is 1. The van der Waals surface area contributed by atoms with Gasteiger partial charge in [0, 0.05) is 0 Å². The van der Waals surface area contributed by atoms with Gasteiger partial charge in [-0.15, -0.1) is 0 Å². The number of hydrogen-bond acceptors (Lipinski definition) is 1. The maximum atomic E-state index is 9.17. The molecule has 1 aliphatic rings. The van der Waals surface area contributed by atoms with Crippen molar-refractivity contribution < 1.29 is 5.11 Å². The highest BCUT2D eigenvalue weighted by molar-refractivity contribution is 4.98. The number of allylic oxidation sites excluding steroid dienone is 1. The zero-order valence-corrected chi connectivity index (χ0v) is 7.29. The predicted molar refractivity (Wildman–Crippen MR) is 47.4 cm³/mol. The van der Waals surface area contributed by atoms with Crippen LogP contribution in [-0.2, 0) is 0 Å². The van der Waals surface area contributed by atoms with Gasteiger partial charge in [-0.3, -0.25) is 0 Å². The molecule has 64 valence electrons. The molecule has 0 saturated carbocycles. The van der Waals surface area contributed by atoms with Crippen LogP contribution in [0.2, 0.25) is 0 Å². The van der Waals surface area contributed by atoms with Crippen LogP contribution in [-0.4, -0.2) is 11.2 Å². The molecule has 0 aromatic heterocycles. The first-order valence-electron chi connectivity index (χ1n) is 4.69. The maximum Gasteiger partial charge on any atom is 0.0721 e. The average Bonchev–Trinajstić information content (AvgIpc) is 2.04. The van der Waals surface area contributed by atoms with Gasteiger partial charge in [-0.2, -0.15) is 0 Å². The van der Waals surface area contributed by atoms with E-state index in [1.165, 1.54) is 25.7 Å². The molecule has 0 fully saturated rings. The van der Waals surface area contributed by atoms with Crippen molar-refractivity contribution in [2.75, 3.05) is 0 Å². The fourth-order valence-electron chi connectivity index (χ4n) is 1.57. The Labute approximate surface area is 69.1 Å². The van der Waals surface area contributed by atoms with Crippen LogP contribution < -0.4 is 0 Å². The van der Waals surface area contributed by atoms with Crippen molar-refractivity contribution in [1.29, 1.82) is 0 Å². The van der Waals surface area contributed by atoms with Crippen molar-refractivity contribution in [3.63, 3.8) is 0 Å². The van der Waals surface area contributed by atoms with E-state index in [4.69, 9.17) is 5.11 Å². The molecule has 0 saturated heterocycles. The first-order valence-corrected chi connectivity index (χ1v) is 4.69. The van der Waals surface area contributed by atoms with Gasteiger partial charge in [-0.25, -0.2) is 0 Å². The van der Waals surface area contributed by atoms with Crippen LogP contribution in [0, 0.1) is 5.92 Å². The van der Waals surface area contributed by atoms with Crippen LogP contribution in [0.1, 0.15) is 39.0 Å². The summed E-state index contributed by atoms with van der Waals surface area (Å²) >= 11 is 0. The van der Waals surface area contributed by atoms with Gasteiger partial charge in [0.2, 0.25) is 0 Å². The lowest BCUT2D eigenvalue weighted by molar-refractivity contribution is 0.193. The van der Waals surface area contributed by atoms with Crippen LogP contribution in [0.4, 0.5) is 0 Å². The van der Waals surface area contributed by atoms with E-state index in [1.54, 1.807) is 0 Å². The van der Waals surface area contributed by atoms with E-state index in [0.717, 1.165) is 12.3 Å². The third kappa shape index (κ3) is 3.06. The fourth-order valence-corrected chi connectivity index (χ4v) is 1.57. The second kappa shape index (κ2) is 4.55. The van der Waals surface area contributed by atoms with E-state index < -0.39 is 0 Å². The molecule has 0 spiro atoms. The number of unbranched alkanes of at least 4 members (excludes halogenated alkanes) is 1. The molecular formula is C10H18O. The van der Waals surface area contributed by atoms with Crippen molar-refractivity contribution in [2.45, 2.75) is 45.1 Å². The Kier molecular flexibility index (Phi) is 3.64. The second-order valence-electron chi connectivity index (χ2n) is 3.43. The van der Waals surface area contributed by atoms with Gasteiger partial charge in [0.15, 0.2) is 0 Å². The molecule has 1 N–H and O–H groups in total. The van der Waals surface area contributed by atoms with E-state index in [-0.39, 0.29) is 6.10 Å². The topological polar surface area (TPSA) is 20.2 Å². The van der Waals surface area contributed by atoms with E-state index in [9.17, 15) is 0 Å². The molecule has 11 heavy (non-hydrogen) atoms. The average molecular weight is 154 g/mol. The van der Waals surface area contributed by atoms with Crippen molar-refractivity contribution in [3.05, 3.63) is 12.2 Å². The van der Waals surface area contributed by atoms with Gasteiger partial charge in [-0.1, -0.05) is 31.9 Å². The highest BCUT2D eigenvalue weighted by Crippen LogP contribution is 2.22. The molecule has 0 aromatic carbocycles. The largest absolute Gasteiger partial charge is 0.389 e. The lowest BCUT2D eigenvalue weighted by atomic mass is 9.90. The third-order valence-corrected chi connectivity index (χ3v) is 2.37. The fraction of sp³-hybridized carbons (Fsp3) is 0.800. The molecule has 0 unspecified atom stereocenters. The third-order valence-electron chi connectivity index (χ3n) is 2.37. The summed E-state index contributed by atoms with van der Waals surface area (Å²) in [5.41, 5.74) is 0. The lowest BCUT2D eigenvalue weighted by Crippen LogP contribution is -2.11. The summed E-state index contributed by atoms with van der Waals surface area (Å²) in [6.45, 7) is 2.22. The standard InChI is InChI=1S/C10H18O/c1-2-3-4-9-5-7-10(11)8-6-9/h5,7,9-11H,2-4,6,8H2,1H3/t9-,10-/m0/s1. The zero-order chi connectivity index (χ0) is 8.10. The Morgan fingerprint density at radius 3 is 2.73 bits per heavy atom. The van der Waals surface area contributed by atoms with E-state index in [0.29, 0.717) is 0 Å². The summed E-state index contributed by atoms with van der Waals surface area (Å²) in [6, 6.07) is 0. The van der Waals surface area contributed by atoms with Gasteiger partial charge < -0.3 is 5.11 Å². The highest BCUT2D eigenvalue weighted by Gasteiger charge is 2.12. The van der Waals surface area contributed by atoms with E-state index in [1.807, 2.05) is 6.08 Å². The smallest absolute Gasteiger partial charge is 0.0721 e. The summed E-state index contributed by atoms with van der Waals surface area (Å²) in [7, 11) is 0. The Morgan fingerprint density at radius 1 is 1.36 bits per heavy atom. The van der Waals surface area contributed by atoms with Gasteiger partial charge in [-0.05, 0) is 25.2 Å². The van der Waals surface area contributed by atoms with Crippen molar-refractivity contribution in [1.82, 2.24) is 0 Å². The first kappa shape index (κ1) is 8.79. The minimum Gasteiger partial charge on any atom is -0.389 e. The summed E-state index contributed by atoms with van der Waals surface area (Å²) in [5, 5.41) is 9.17. The highest BCUT2D eigenvalue weighted by atomic mass is 16.3. The second-order valence-corrected chi connectivity index (χ2v) is 3.43. The molecular weight excluding hydrogens is 136 g/mol. The summed E-state index contributed by atoms with van der Waals surface area (Å²) in [4.78, 5) is 0. The quantitative estimate of drug-likeness (QED) is 0.619. The lowest BCUT2D eigenvalue weighted by Gasteiger charge is -2.18. The molecule has 0 heterocycles. The van der Waals surface area contributed by atoms with Crippen LogP contribution >= 0.6 is 0 Å². The van der Waals surface area contributed by atoms with Crippen molar-refractivity contribution in [2.24, 2.45) is 5.92 Å². The SMILES string of the molecule is CCCC[C@H]1C=C[C@H](O)CC1. The molecule has 0 bridgehead atoms. The van der Waals surface area contributed by atoms with Gasteiger partial charge >= 0.3 is 0 Å². The molecule has 1 nitrogen and oxygen atoms in total. The molecule has 0 aromatic rings.